The number of imidazole rings is 1. The van der Waals surface area contributed by atoms with Crippen LogP contribution in [-0.2, 0) is 4.74 Å². The van der Waals surface area contributed by atoms with E-state index < -0.39 is 11.7 Å². The van der Waals surface area contributed by atoms with E-state index in [0.29, 0.717) is 45.5 Å². The van der Waals surface area contributed by atoms with Crippen LogP contribution in [0.3, 0.4) is 0 Å². The van der Waals surface area contributed by atoms with Gasteiger partial charge in [0.05, 0.1) is 22.3 Å². The largest absolute Gasteiger partial charge is 0.444 e. The van der Waals surface area contributed by atoms with Gasteiger partial charge in [-0.2, -0.15) is 0 Å². The molecular formula is C31H32ClN7O3. The predicted molar refractivity (Wildman–Crippen MR) is 165 cm³/mol. The van der Waals surface area contributed by atoms with Crippen LogP contribution in [-0.4, -0.2) is 55.7 Å². The molecule has 1 aliphatic rings. The topological polar surface area (TPSA) is 129 Å². The first-order valence-corrected chi connectivity index (χ1v) is 14.3. The van der Waals surface area contributed by atoms with Crippen LogP contribution in [0, 0.1) is 6.92 Å². The number of aromatic nitrogens is 5. The van der Waals surface area contributed by atoms with E-state index in [0.717, 1.165) is 41.6 Å². The van der Waals surface area contributed by atoms with Crippen LogP contribution >= 0.6 is 11.6 Å². The highest BCUT2D eigenvalue weighted by Crippen LogP contribution is 2.32. The zero-order chi connectivity index (χ0) is 29.6. The number of aromatic amines is 2. The molecule has 4 aromatic heterocycles. The molecule has 1 fully saturated rings. The summed E-state index contributed by atoms with van der Waals surface area (Å²) >= 11 is 6.45. The van der Waals surface area contributed by atoms with Crippen molar-refractivity contribution in [3.8, 4) is 22.6 Å². The molecule has 1 aliphatic heterocycles. The van der Waals surface area contributed by atoms with Crippen LogP contribution in [0.15, 0.2) is 53.5 Å². The molecule has 0 aliphatic carbocycles. The van der Waals surface area contributed by atoms with Crippen molar-refractivity contribution in [2.75, 3.05) is 18.0 Å². The second-order valence-corrected chi connectivity index (χ2v) is 12.0. The minimum Gasteiger partial charge on any atom is -0.444 e. The lowest BCUT2D eigenvalue weighted by atomic mass is 10.0. The van der Waals surface area contributed by atoms with Gasteiger partial charge in [-0.15, -0.1) is 0 Å². The summed E-state index contributed by atoms with van der Waals surface area (Å²) in [6.07, 6.45) is 2.90. The lowest BCUT2D eigenvalue weighted by Gasteiger charge is -2.34. The maximum Gasteiger partial charge on any atom is 0.407 e. The van der Waals surface area contributed by atoms with Gasteiger partial charge in [-0.3, -0.25) is 9.78 Å². The van der Waals surface area contributed by atoms with Gasteiger partial charge in [0.15, 0.2) is 5.82 Å². The lowest BCUT2D eigenvalue weighted by Crippen LogP contribution is -2.49. The molecule has 42 heavy (non-hydrogen) atoms. The molecule has 5 aromatic rings. The fraction of sp³-hybridized carbons (Fsp3) is 0.323. The van der Waals surface area contributed by atoms with Crippen molar-refractivity contribution in [2.45, 2.75) is 52.2 Å². The molecule has 11 heteroatoms. The van der Waals surface area contributed by atoms with Crippen LogP contribution in [0.4, 0.5) is 10.6 Å². The van der Waals surface area contributed by atoms with Crippen LogP contribution in [0.25, 0.3) is 44.6 Å². The number of nitrogens with zero attached hydrogens (tertiary/aromatic N) is 4. The fourth-order valence-electron chi connectivity index (χ4n) is 5.43. The van der Waals surface area contributed by atoms with Gasteiger partial charge in [0, 0.05) is 42.3 Å². The molecule has 1 unspecified atom stereocenters. The number of carbonyl (C=O) groups is 1. The molecule has 1 aromatic carbocycles. The second-order valence-electron chi connectivity index (χ2n) is 11.6. The van der Waals surface area contributed by atoms with Gasteiger partial charge in [-0.05, 0) is 58.2 Å². The van der Waals surface area contributed by atoms with Gasteiger partial charge < -0.3 is 24.9 Å². The average molecular weight is 586 g/mol. The molecule has 0 spiro atoms. The number of fused-ring (bicyclic) bond motifs is 2. The van der Waals surface area contributed by atoms with Crippen LogP contribution in [0.2, 0.25) is 5.15 Å². The molecule has 3 N–H and O–H groups in total. The summed E-state index contributed by atoms with van der Waals surface area (Å²) in [5.41, 5.74) is 4.32. The van der Waals surface area contributed by atoms with Gasteiger partial charge >= 0.3 is 6.09 Å². The number of benzene rings is 1. The third-order valence-electron chi connectivity index (χ3n) is 7.29. The minimum atomic E-state index is -0.581. The van der Waals surface area contributed by atoms with Crippen molar-refractivity contribution in [1.82, 2.24) is 30.2 Å². The maximum absolute atomic E-state index is 13.3. The molecular weight excluding hydrogens is 554 g/mol. The molecule has 10 nitrogen and oxygen atoms in total. The number of anilines is 1. The van der Waals surface area contributed by atoms with Crippen LogP contribution < -0.4 is 15.8 Å². The predicted octanol–water partition coefficient (Wildman–Crippen LogP) is 5.98. The first kappa shape index (κ1) is 27.7. The SMILES string of the molecule is Cc1ccccc1-c1nccc2[nH]c(=O)c(-c3nc4c(N5CCCC(NC(=O)OC(C)(C)C)C5)nc(Cl)cc4[nH]3)cc12. The Kier molecular flexibility index (Phi) is 7.10. The number of alkyl carbamates (subject to hydrolysis) is 1. The highest BCUT2D eigenvalue weighted by molar-refractivity contribution is 6.30. The van der Waals surface area contributed by atoms with E-state index in [-0.39, 0.29) is 11.6 Å². The number of pyridine rings is 3. The quantitative estimate of drug-likeness (QED) is 0.221. The number of hydrogen-bond donors (Lipinski definition) is 3. The third kappa shape index (κ3) is 5.54. The number of carbonyl (C=O) groups excluding carboxylic acids is 1. The Morgan fingerprint density at radius 3 is 2.69 bits per heavy atom. The van der Waals surface area contributed by atoms with Crippen LogP contribution in [0.1, 0.15) is 39.2 Å². The zero-order valence-corrected chi connectivity index (χ0v) is 24.7. The van der Waals surface area contributed by atoms with E-state index in [1.165, 1.54) is 0 Å². The smallest absolute Gasteiger partial charge is 0.407 e. The lowest BCUT2D eigenvalue weighted by molar-refractivity contribution is 0.0500. The Bertz CT molecular complexity index is 1870. The number of ether oxygens (including phenoxy) is 1. The minimum absolute atomic E-state index is 0.126. The van der Waals surface area contributed by atoms with Gasteiger partial charge in [-0.25, -0.2) is 14.8 Å². The van der Waals surface area contributed by atoms with Gasteiger partial charge in [0.25, 0.3) is 5.56 Å². The Labute approximate surface area is 247 Å². The normalized spacial score (nSPS) is 15.7. The summed E-state index contributed by atoms with van der Waals surface area (Å²) in [5, 5.41) is 4.08. The summed E-state index contributed by atoms with van der Waals surface area (Å²) in [4.78, 5) is 48.2. The molecule has 216 valence electrons. The summed E-state index contributed by atoms with van der Waals surface area (Å²) < 4.78 is 5.45. The van der Waals surface area contributed by atoms with Gasteiger partial charge in [0.1, 0.15) is 22.1 Å². The molecule has 6 rings (SSSR count). The summed E-state index contributed by atoms with van der Waals surface area (Å²) in [5.74, 6) is 0.994. The van der Waals surface area contributed by atoms with E-state index >= 15 is 0 Å². The standard InChI is InChI=1S/C31H32ClN7O3/c1-17-8-5-6-10-19(17)25-20-14-21(29(40)36-22(20)11-12-33-25)27-35-23-15-24(32)37-28(26(23)38-27)39-13-7-9-18(16-39)34-30(41)42-31(2,3)4/h5-6,8,10-12,14-15,18H,7,9,13,16H2,1-4H3,(H,34,41)(H,35,38)(H,36,40). The first-order chi connectivity index (χ1) is 20.1. The monoisotopic (exact) mass is 585 g/mol. The van der Waals surface area contributed by atoms with E-state index in [1.54, 1.807) is 18.3 Å². The zero-order valence-electron chi connectivity index (χ0n) is 23.9. The van der Waals surface area contributed by atoms with Crippen molar-refractivity contribution >= 4 is 45.4 Å². The molecule has 1 amide bonds. The van der Waals surface area contributed by atoms with Crippen molar-refractivity contribution < 1.29 is 9.53 Å². The number of piperidine rings is 1. The Hall–Kier alpha value is -4.44. The average Bonchev–Trinajstić information content (AvgIpc) is 3.35. The summed E-state index contributed by atoms with van der Waals surface area (Å²) in [6.45, 7) is 8.78. The highest BCUT2D eigenvalue weighted by atomic mass is 35.5. The number of nitrogens with one attached hydrogen (secondary N) is 3. The fourth-order valence-corrected chi connectivity index (χ4v) is 5.62. The molecule has 0 saturated carbocycles. The Morgan fingerprint density at radius 2 is 1.90 bits per heavy atom. The molecule has 0 radical (unpaired) electrons. The number of aryl methyl sites for hydroxylation is 1. The Balaban J connectivity index is 1.38. The van der Waals surface area contributed by atoms with Crippen molar-refractivity contribution in [2.24, 2.45) is 0 Å². The molecule has 0 bridgehead atoms. The van der Waals surface area contributed by atoms with Gasteiger partial charge in [-0.1, -0.05) is 35.9 Å². The maximum atomic E-state index is 13.3. The number of hydrogen-bond acceptors (Lipinski definition) is 7. The van der Waals surface area contributed by atoms with E-state index in [1.807, 2.05) is 58.0 Å². The van der Waals surface area contributed by atoms with Crippen molar-refractivity contribution in [1.29, 1.82) is 0 Å². The first-order valence-electron chi connectivity index (χ1n) is 13.9. The molecule has 1 atom stereocenters. The van der Waals surface area contributed by atoms with Crippen molar-refractivity contribution in [3.05, 3.63) is 69.7 Å². The van der Waals surface area contributed by atoms with Crippen LogP contribution in [0.5, 0.6) is 0 Å². The van der Waals surface area contributed by atoms with Crippen molar-refractivity contribution in [3.63, 3.8) is 0 Å². The Morgan fingerprint density at radius 1 is 1.10 bits per heavy atom. The number of halogens is 1. The summed E-state index contributed by atoms with van der Waals surface area (Å²) in [6, 6.07) is 13.2. The highest BCUT2D eigenvalue weighted by Gasteiger charge is 2.27. The van der Waals surface area contributed by atoms with E-state index in [9.17, 15) is 9.59 Å². The number of H-pyrrole nitrogens is 2. The third-order valence-corrected chi connectivity index (χ3v) is 7.48. The molecule has 1 saturated heterocycles. The number of rotatable bonds is 4. The van der Waals surface area contributed by atoms with Gasteiger partial charge in [0.2, 0.25) is 0 Å². The van der Waals surface area contributed by atoms with E-state index in [2.05, 4.69) is 30.2 Å². The van der Waals surface area contributed by atoms with E-state index in [4.69, 9.17) is 21.3 Å². The summed E-state index contributed by atoms with van der Waals surface area (Å²) in [7, 11) is 0. The number of amides is 1. The molecule has 5 heterocycles. The second kappa shape index (κ2) is 10.8.